The van der Waals surface area contributed by atoms with Gasteiger partial charge in [0.05, 0.1) is 10.6 Å². The quantitative estimate of drug-likeness (QED) is 0.353. The molecule has 7 nitrogen and oxygen atoms in total. The number of anilines is 1. The molecule has 0 bridgehead atoms. The van der Waals surface area contributed by atoms with Gasteiger partial charge in [0.1, 0.15) is 12.6 Å². The number of carbonyl (C=O) groups excluding carboxylic acids is 2. The Labute approximate surface area is 230 Å². The maximum absolute atomic E-state index is 13.9. The van der Waals surface area contributed by atoms with Crippen LogP contribution in [0.15, 0.2) is 83.8 Å². The number of benzene rings is 3. The Bertz CT molecular complexity index is 1330. The average Bonchev–Trinajstić information content (AvgIpc) is 2.88. The molecular weight excluding hydrogens is 522 g/mol. The van der Waals surface area contributed by atoms with E-state index in [1.54, 1.807) is 66.7 Å². The number of hydrogen-bond donors (Lipinski definition) is 1. The number of hydrogen-bond acceptors (Lipinski definition) is 4. The van der Waals surface area contributed by atoms with E-state index in [1.165, 1.54) is 17.0 Å². The minimum atomic E-state index is -4.08. The highest BCUT2D eigenvalue weighted by atomic mass is 35.5. The van der Waals surface area contributed by atoms with E-state index in [0.717, 1.165) is 15.4 Å². The second kappa shape index (κ2) is 12.9. The molecule has 0 heterocycles. The monoisotopic (exact) mass is 555 g/mol. The van der Waals surface area contributed by atoms with Crippen LogP contribution >= 0.6 is 11.6 Å². The third-order valence-corrected chi connectivity index (χ3v) is 8.06. The number of carbonyl (C=O) groups is 2. The Balaban J connectivity index is 2.03. The molecule has 0 radical (unpaired) electrons. The minimum absolute atomic E-state index is 0.0774. The Morgan fingerprint density at radius 3 is 2.08 bits per heavy atom. The van der Waals surface area contributed by atoms with Crippen LogP contribution in [0, 0.1) is 6.92 Å². The lowest BCUT2D eigenvalue weighted by Gasteiger charge is -2.33. The van der Waals surface area contributed by atoms with Gasteiger partial charge >= 0.3 is 0 Å². The van der Waals surface area contributed by atoms with E-state index >= 15 is 0 Å². The van der Waals surface area contributed by atoms with E-state index < -0.39 is 28.5 Å². The molecule has 202 valence electrons. The number of rotatable bonds is 11. The predicted octanol–water partition coefficient (Wildman–Crippen LogP) is 5.18. The number of sulfonamides is 1. The molecule has 0 fully saturated rings. The molecule has 1 atom stereocenters. The van der Waals surface area contributed by atoms with Crippen LogP contribution in [0.5, 0.6) is 0 Å². The molecule has 1 unspecified atom stereocenters. The van der Waals surface area contributed by atoms with Crippen LogP contribution in [-0.4, -0.2) is 43.8 Å². The van der Waals surface area contributed by atoms with E-state index in [4.69, 9.17) is 11.6 Å². The fourth-order valence-electron chi connectivity index (χ4n) is 4.05. The summed E-state index contributed by atoms with van der Waals surface area (Å²) in [7, 11) is -4.08. The molecule has 9 heteroatoms. The van der Waals surface area contributed by atoms with Crippen molar-refractivity contribution in [2.45, 2.75) is 57.6 Å². The van der Waals surface area contributed by atoms with Crippen LogP contribution in [0.1, 0.15) is 38.3 Å². The smallest absolute Gasteiger partial charge is 0.264 e. The number of halogens is 1. The molecule has 38 heavy (non-hydrogen) atoms. The van der Waals surface area contributed by atoms with Crippen molar-refractivity contribution < 1.29 is 18.0 Å². The predicted molar refractivity (Wildman–Crippen MR) is 152 cm³/mol. The number of amides is 2. The molecule has 3 aromatic rings. The van der Waals surface area contributed by atoms with Gasteiger partial charge in [-0.05, 0) is 69.2 Å². The van der Waals surface area contributed by atoms with E-state index in [-0.39, 0.29) is 23.4 Å². The third kappa shape index (κ3) is 7.36. The van der Waals surface area contributed by atoms with Gasteiger partial charge in [-0.3, -0.25) is 13.9 Å². The topological polar surface area (TPSA) is 86.8 Å². The van der Waals surface area contributed by atoms with Crippen molar-refractivity contribution in [3.8, 4) is 0 Å². The van der Waals surface area contributed by atoms with Crippen molar-refractivity contribution in [3.63, 3.8) is 0 Å². The van der Waals surface area contributed by atoms with Gasteiger partial charge in [0.25, 0.3) is 10.0 Å². The van der Waals surface area contributed by atoms with Crippen LogP contribution in [0.2, 0.25) is 5.02 Å². The van der Waals surface area contributed by atoms with Gasteiger partial charge in [0.15, 0.2) is 0 Å². The highest BCUT2D eigenvalue weighted by molar-refractivity contribution is 7.92. The number of aryl methyl sites for hydroxylation is 1. The lowest BCUT2D eigenvalue weighted by molar-refractivity contribution is -0.140. The van der Waals surface area contributed by atoms with Crippen molar-refractivity contribution in [1.29, 1.82) is 0 Å². The van der Waals surface area contributed by atoms with Gasteiger partial charge in [-0.2, -0.15) is 0 Å². The Morgan fingerprint density at radius 2 is 1.53 bits per heavy atom. The summed E-state index contributed by atoms with van der Waals surface area (Å²) >= 11 is 6.05. The lowest BCUT2D eigenvalue weighted by atomic mass is 10.1. The number of nitrogens with one attached hydrogen (secondary N) is 1. The zero-order chi connectivity index (χ0) is 27.9. The SMILES string of the molecule is CCC(C(=O)NC(C)C)N(Cc1ccc(Cl)cc1)C(=O)CN(c1ccccc1)S(=O)(=O)c1ccc(C)cc1. The Hall–Kier alpha value is -3.36. The summed E-state index contributed by atoms with van der Waals surface area (Å²) in [6, 6.07) is 21.1. The maximum Gasteiger partial charge on any atom is 0.264 e. The van der Waals surface area contributed by atoms with E-state index in [9.17, 15) is 18.0 Å². The molecule has 0 aliphatic rings. The normalized spacial score (nSPS) is 12.2. The van der Waals surface area contributed by atoms with Crippen molar-refractivity contribution in [2.24, 2.45) is 0 Å². The number of para-hydroxylation sites is 1. The molecule has 0 aliphatic carbocycles. The molecular formula is C29H34ClN3O4S. The number of nitrogens with zero attached hydrogens (tertiary/aromatic N) is 2. The van der Waals surface area contributed by atoms with Crippen molar-refractivity contribution >= 4 is 39.1 Å². The molecule has 1 N–H and O–H groups in total. The first kappa shape index (κ1) is 29.2. The second-order valence-electron chi connectivity index (χ2n) is 9.40. The largest absolute Gasteiger partial charge is 0.352 e. The van der Waals surface area contributed by atoms with Gasteiger partial charge in [-0.1, -0.05) is 66.6 Å². The molecule has 3 aromatic carbocycles. The molecule has 0 aromatic heterocycles. The maximum atomic E-state index is 13.9. The first-order valence-corrected chi connectivity index (χ1v) is 14.3. The van der Waals surface area contributed by atoms with Gasteiger partial charge in [0, 0.05) is 17.6 Å². The minimum Gasteiger partial charge on any atom is -0.352 e. The summed E-state index contributed by atoms with van der Waals surface area (Å²) in [5.74, 6) is -0.789. The Kier molecular flexibility index (Phi) is 9.94. The molecule has 0 saturated heterocycles. The summed E-state index contributed by atoms with van der Waals surface area (Å²) in [6.07, 6.45) is 0.355. The van der Waals surface area contributed by atoms with Crippen LogP contribution < -0.4 is 9.62 Å². The summed E-state index contributed by atoms with van der Waals surface area (Å²) in [4.78, 5) is 28.6. The fourth-order valence-corrected chi connectivity index (χ4v) is 5.59. The van der Waals surface area contributed by atoms with Crippen LogP contribution in [0.25, 0.3) is 0 Å². The lowest BCUT2D eigenvalue weighted by Crippen LogP contribution is -2.53. The standard InChI is InChI=1S/C29H34ClN3O4S/c1-5-27(29(35)31-21(2)3)32(19-23-13-15-24(30)16-14-23)28(34)20-33(25-9-7-6-8-10-25)38(36,37)26-17-11-22(4)12-18-26/h6-18,21,27H,5,19-20H2,1-4H3,(H,31,35). The van der Waals surface area contributed by atoms with Crippen molar-refractivity contribution in [1.82, 2.24) is 10.2 Å². The molecule has 3 rings (SSSR count). The zero-order valence-electron chi connectivity index (χ0n) is 22.1. The van der Waals surface area contributed by atoms with Crippen LogP contribution in [0.4, 0.5) is 5.69 Å². The first-order chi connectivity index (χ1) is 18.0. The summed E-state index contributed by atoms with van der Waals surface area (Å²) < 4.78 is 28.7. The van der Waals surface area contributed by atoms with Crippen LogP contribution in [0.3, 0.4) is 0 Å². The molecule has 2 amide bonds. The third-order valence-electron chi connectivity index (χ3n) is 6.02. The van der Waals surface area contributed by atoms with Crippen molar-refractivity contribution in [3.05, 3.63) is 95.0 Å². The highest BCUT2D eigenvalue weighted by Gasteiger charge is 2.33. The summed E-state index contributed by atoms with van der Waals surface area (Å²) in [6.45, 7) is 7.04. The molecule has 0 spiro atoms. The van der Waals surface area contributed by atoms with E-state index in [0.29, 0.717) is 17.1 Å². The van der Waals surface area contributed by atoms with Gasteiger partial charge < -0.3 is 10.2 Å². The van der Waals surface area contributed by atoms with Crippen molar-refractivity contribution in [2.75, 3.05) is 10.8 Å². The fraction of sp³-hybridized carbons (Fsp3) is 0.310. The highest BCUT2D eigenvalue weighted by Crippen LogP contribution is 2.25. The zero-order valence-corrected chi connectivity index (χ0v) is 23.7. The molecule has 0 saturated carbocycles. The molecule has 0 aliphatic heterocycles. The summed E-state index contributed by atoms with van der Waals surface area (Å²) in [5.41, 5.74) is 2.04. The second-order valence-corrected chi connectivity index (χ2v) is 11.7. The van der Waals surface area contributed by atoms with E-state index in [2.05, 4.69) is 5.32 Å². The van der Waals surface area contributed by atoms with Crippen LogP contribution in [-0.2, 0) is 26.2 Å². The average molecular weight is 556 g/mol. The summed E-state index contributed by atoms with van der Waals surface area (Å²) in [5, 5.41) is 3.44. The first-order valence-electron chi connectivity index (χ1n) is 12.5. The van der Waals surface area contributed by atoms with E-state index in [1.807, 2.05) is 27.7 Å². The van der Waals surface area contributed by atoms with Gasteiger partial charge in [-0.15, -0.1) is 0 Å². The Morgan fingerprint density at radius 1 is 0.921 bits per heavy atom. The van der Waals surface area contributed by atoms with Gasteiger partial charge in [0.2, 0.25) is 11.8 Å². The van der Waals surface area contributed by atoms with Gasteiger partial charge in [-0.25, -0.2) is 8.42 Å².